The van der Waals surface area contributed by atoms with E-state index in [4.69, 9.17) is 18.0 Å². The van der Waals surface area contributed by atoms with Gasteiger partial charge in [-0.05, 0) is 49.8 Å². The summed E-state index contributed by atoms with van der Waals surface area (Å²) in [7, 11) is 0. The molecule has 0 aliphatic carbocycles. The van der Waals surface area contributed by atoms with Crippen LogP contribution in [0.5, 0.6) is 0 Å². The molecule has 0 atom stereocenters. The van der Waals surface area contributed by atoms with Crippen LogP contribution < -0.4 is 11.1 Å². The number of nitrogens with zero attached hydrogens (tertiary/aromatic N) is 2. The molecule has 1 heterocycles. The maximum Gasteiger partial charge on any atom is 0.249 e. The Morgan fingerprint density at radius 2 is 1.96 bits per heavy atom. The van der Waals surface area contributed by atoms with Gasteiger partial charge in [0.15, 0.2) is 10.6 Å². The molecule has 2 amide bonds. The van der Waals surface area contributed by atoms with Gasteiger partial charge in [0, 0.05) is 16.8 Å². The van der Waals surface area contributed by atoms with Crippen LogP contribution in [0.1, 0.15) is 21.5 Å². The normalized spacial score (nSPS) is 10.6. The Bertz CT molecular complexity index is 1080. The van der Waals surface area contributed by atoms with Crippen molar-refractivity contribution in [1.82, 2.24) is 14.8 Å². The van der Waals surface area contributed by atoms with E-state index in [0.29, 0.717) is 27.4 Å². The lowest BCUT2D eigenvalue weighted by molar-refractivity contribution is -0.116. The summed E-state index contributed by atoms with van der Waals surface area (Å²) >= 11 is 5.27. The van der Waals surface area contributed by atoms with E-state index >= 15 is 0 Å². The summed E-state index contributed by atoms with van der Waals surface area (Å²) in [5.74, 6) is -0.241. The van der Waals surface area contributed by atoms with E-state index in [2.05, 4.69) is 15.5 Å². The third-order valence-corrected chi connectivity index (χ3v) is 4.52. The highest BCUT2D eigenvalue weighted by atomic mass is 32.1. The third kappa shape index (κ3) is 3.95. The molecule has 4 N–H and O–H groups in total. The Kier molecular flexibility index (Phi) is 5.18. The average molecular weight is 381 g/mol. The maximum absolute atomic E-state index is 12.6. The first-order chi connectivity index (χ1) is 12.9. The van der Waals surface area contributed by atoms with Gasteiger partial charge in [0.1, 0.15) is 6.54 Å². The molecule has 3 rings (SSSR count). The van der Waals surface area contributed by atoms with Crippen LogP contribution in [0.2, 0.25) is 0 Å². The molecular formula is C19H19N5O2S. The molecule has 0 spiro atoms. The van der Waals surface area contributed by atoms with Crippen LogP contribution in [0.25, 0.3) is 11.4 Å². The first-order valence-corrected chi connectivity index (χ1v) is 8.69. The molecule has 0 aliphatic heterocycles. The van der Waals surface area contributed by atoms with Crippen molar-refractivity contribution in [2.75, 3.05) is 5.32 Å². The molecule has 138 valence electrons. The van der Waals surface area contributed by atoms with E-state index in [-0.39, 0.29) is 12.5 Å². The SMILES string of the molecule is Cc1cccc(-c2n[nH]c(=S)n2CC(=O)Nc2cccc(C(N)=O)c2C)c1. The summed E-state index contributed by atoms with van der Waals surface area (Å²) in [6.07, 6.45) is 0. The number of aryl methyl sites for hydroxylation is 1. The molecule has 3 aromatic rings. The van der Waals surface area contributed by atoms with Gasteiger partial charge in [-0.3, -0.25) is 19.3 Å². The van der Waals surface area contributed by atoms with Crippen molar-refractivity contribution < 1.29 is 9.59 Å². The fourth-order valence-corrected chi connectivity index (χ4v) is 3.04. The predicted octanol–water partition coefficient (Wildman–Crippen LogP) is 2.96. The molecule has 27 heavy (non-hydrogen) atoms. The number of aromatic nitrogens is 3. The monoisotopic (exact) mass is 381 g/mol. The first-order valence-electron chi connectivity index (χ1n) is 8.28. The lowest BCUT2D eigenvalue weighted by Crippen LogP contribution is -2.21. The zero-order valence-corrected chi connectivity index (χ0v) is 15.8. The number of carbonyl (C=O) groups is 2. The van der Waals surface area contributed by atoms with Gasteiger partial charge in [0.2, 0.25) is 11.8 Å². The van der Waals surface area contributed by atoms with Crippen LogP contribution in [0.15, 0.2) is 42.5 Å². The number of aromatic amines is 1. The number of nitrogens with one attached hydrogen (secondary N) is 2. The fraction of sp³-hybridized carbons (Fsp3) is 0.158. The molecule has 0 saturated heterocycles. The van der Waals surface area contributed by atoms with E-state index in [1.165, 1.54) is 0 Å². The van der Waals surface area contributed by atoms with Crippen molar-refractivity contribution in [3.63, 3.8) is 0 Å². The molecule has 0 fully saturated rings. The van der Waals surface area contributed by atoms with Gasteiger partial charge < -0.3 is 11.1 Å². The van der Waals surface area contributed by atoms with Crippen LogP contribution in [0.3, 0.4) is 0 Å². The Hall–Kier alpha value is -3.26. The first kappa shape index (κ1) is 18.5. The second kappa shape index (κ2) is 7.55. The summed E-state index contributed by atoms with van der Waals surface area (Å²) in [5.41, 5.74) is 8.82. The highest BCUT2D eigenvalue weighted by Crippen LogP contribution is 2.20. The number of anilines is 1. The number of amides is 2. The van der Waals surface area contributed by atoms with E-state index in [1.54, 1.807) is 29.7 Å². The molecule has 0 saturated carbocycles. The highest BCUT2D eigenvalue weighted by molar-refractivity contribution is 7.71. The summed E-state index contributed by atoms with van der Waals surface area (Å²) in [6.45, 7) is 3.70. The van der Waals surface area contributed by atoms with Crippen molar-refractivity contribution in [1.29, 1.82) is 0 Å². The lowest BCUT2D eigenvalue weighted by atomic mass is 10.1. The zero-order chi connectivity index (χ0) is 19.6. The number of benzene rings is 2. The molecule has 0 unspecified atom stereocenters. The number of H-pyrrole nitrogens is 1. The van der Waals surface area contributed by atoms with Gasteiger partial charge >= 0.3 is 0 Å². The van der Waals surface area contributed by atoms with Gasteiger partial charge in [-0.1, -0.05) is 29.8 Å². The maximum atomic E-state index is 12.6. The van der Waals surface area contributed by atoms with Crippen molar-refractivity contribution in [3.05, 3.63) is 63.9 Å². The Morgan fingerprint density at radius 1 is 1.22 bits per heavy atom. The summed E-state index contributed by atoms with van der Waals surface area (Å²) < 4.78 is 1.98. The zero-order valence-electron chi connectivity index (χ0n) is 14.9. The van der Waals surface area contributed by atoms with E-state index < -0.39 is 5.91 Å². The van der Waals surface area contributed by atoms with Crippen LogP contribution in [-0.2, 0) is 11.3 Å². The van der Waals surface area contributed by atoms with Crippen molar-refractivity contribution in [2.45, 2.75) is 20.4 Å². The van der Waals surface area contributed by atoms with Crippen molar-refractivity contribution >= 4 is 29.7 Å². The largest absolute Gasteiger partial charge is 0.366 e. The van der Waals surface area contributed by atoms with Gasteiger partial charge in [-0.2, -0.15) is 5.10 Å². The van der Waals surface area contributed by atoms with Crippen LogP contribution in [-0.4, -0.2) is 26.6 Å². The summed E-state index contributed by atoms with van der Waals surface area (Å²) in [6, 6.07) is 12.8. The van der Waals surface area contributed by atoms with Gasteiger partial charge in [-0.25, -0.2) is 0 Å². The topological polar surface area (TPSA) is 106 Å². The van der Waals surface area contributed by atoms with Crippen molar-refractivity contribution in [3.8, 4) is 11.4 Å². The minimum Gasteiger partial charge on any atom is -0.366 e. The number of carbonyl (C=O) groups excluding carboxylic acids is 2. The molecule has 1 aromatic heterocycles. The standard InChI is InChI=1S/C19H19N5O2S/c1-11-5-3-6-13(9-11)18-22-23-19(27)24(18)10-16(25)21-15-8-4-7-14(12(15)2)17(20)26/h3-9H,10H2,1-2H3,(H2,20,26)(H,21,25)(H,23,27). The Balaban J connectivity index is 1.86. The third-order valence-electron chi connectivity index (χ3n) is 4.21. The van der Waals surface area contributed by atoms with Gasteiger partial charge in [0.05, 0.1) is 0 Å². The summed E-state index contributed by atoms with van der Waals surface area (Å²) in [4.78, 5) is 24.0. The minimum absolute atomic E-state index is 0.0150. The van der Waals surface area contributed by atoms with Crippen LogP contribution in [0.4, 0.5) is 5.69 Å². The highest BCUT2D eigenvalue weighted by Gasteiger charge is 2.15. The molecule has 0 aliphatic rings. The number of rotatable bonds is 5. The lowest BCUT2D eigenvalue weighted by Gasteiger charge is -2.12. The van der Waals surface area contributed by atoms with E-state index in [0.717, 1.165) is 11.1 Å². The van der Waals surface area contributed by atoms with Gasteiger partial charge in [0.25, 0.3) is 0 Å². The molecule has 0 radical (unpaired) electrons. The van der Waals surface area contributed by atoms with Crippen molar-refractivity contribution in [2.24, 2.45) is 5.73 Å². The number of primary amides is 1. The second-order valence-electron chi connectivity index (χ2n) is 6.20. The number of nitrogens with two attached hydrogens (primary N) is 1. The summed E-state index contributed by atoms with van der Waals surface area (Å²) in [5, 5.41) is 9.79. The number of hydrogen-bond acceptors (Lipinski definition) is 4. The fourth-order valence-electron chi connectivity index (χ4n) is 2.84. The van der Waals surface area contributed by atoms with Gasteiger partial charge in [-0.15, -0.1) is 0 Å². The quantitative estimate of drug-likeness (QED) is 0.591. The predicted molar refractivity (Wildman–Crippen MR) is 106 cm³/mol. The van der Waals surface area contributed by atoms with Crippen LogP contribution in [0, 0.1) is 18.6 Å². The second-order valence-corrected chi connectivity index (χ2v) is 6.59. The molecule has 8 heteroatoms. The Morgan fingerprint density at radius 3 is 2.67 bits per heavy atom. The number of hydrogen-bond donors (Lipinski definition) is 3. The van der Waals surface area contributed by atoms with E-state index in [9.17, 15) is 9.59 Å². The van der Waals surface area contributed by atoms with Crippen LogP contribution >= 0.6 is 12.2 Å². The van der Waals surface area contributed by atoms with E-state index in [1.807, 2.05) is 31.2 Å². The molecule has 2 aromatic carbocycles. The molecule has 0 bridgehead atoms. The minimum atomic E-state index is -0.539. The average Bonchev–Trinajstić information content (AvgIpc) is 2.97. The molecule has 7 nitrogen and oxygen atoms in total. The molecular weight excluding hydrogens is 362 g/mol. The smallest absolute Gasteiger partial charge is 0.249 e. The Labute approximate surface area is 161 Å².